The van der Waals surface area contributed by atoms with E-state index in [4.69, 9.17) is 27.1 Å². The van der Waals surface area contributed by atoms with Crippen LogP contribution in [0, 0.1) is 6.92 Å². The number of nitrogens with one attached hydrogen (secondary N) is 1. The minimum Gasteiger partial charge on any atom is -0.489 e. The lowest BCUT2D eigenvalue weighted by atomic mass is 10.00. The van der Waals surface area contributed by atoms with Crippen LogP contribution in [0.4, 0.5) is 5.69 Å². The van der Waals surface area contributed by atoms with E-state index >= 15 is 0 Å². The molecule has 3 aromatic carbocycles. The summed E-state index contributed by atoms with van der Waals surface area (Å²) in [5.41, 5.74) is 11.0. The summed E-state index contributed by atoms with van der Waals surface area (Å²) in [6.07, 6.45) is 0.147. The topological polar surface area (TPSA) is 107 Å². The minimum atomic E-state index is -0.528. The number of nitrogens with two attached hydrogens (primary N) is 1. The Labute approximate surface area is 220 Å². The van der Waals surface area contributed by atoms with E-state index in [-0.39, 0.29) is 12.3 Å². The summed E-state index contributed by atoms with van der Waals surface area (Å²) in [5.74, 6) is 1.88. The first-order valence-corrected chi connectivity index (χ1v) is 12.5. The molecular weight excluding hydrogens is 488 g/mol. The highest BCUT2D eigenvalue weighted by Crippen LogP contribution is 2.34. The zero-order valence-corrected chi connectivity index (χ0v) is 21.4. The number of carbonyl (C=O) groups is 1. The molecule has 9 heteroatoms. The van der Waals surface area contributed by atoms with Gasteiger partial charge in [0.1, 0.15) is 24.2 Å². The predicted octanol–water partition coefficient (Wildman–Crippen LogP) is 4.81. The number of nitrogen functional groups attached to an aromatic ring is 1. The summed E-state index contributed by atoms with van der Waals surface area (Å²) in [5, 5.41) is 12.2. The molecule has 0 spiro atoms. The van der Waals surface area contributed by atoms with E-state index in [2.05, 4.69) is 15.5 Å². The summed E-state index contributed by atoms with van der Waals surface area (Å²) in [7, 11) is 0. The summed E-state index contributed by atoms with van der Waals surface area (Å²) in [4.78, 5) is 17.7. The number of para-hydroxylation sites is 1. The average molecular weight is 515 g/mol. The van der Waals surface area contributed by atoms with Crippen LogP contribution in [-0.2, 0) is 11.4 Å². The molecule has 1 aliphatic rings. The molecule has 3 N–H and O–H groups in total. The van der Waals surface area contributed by atoms with Gasteiger partial charge in [0, 0.05) is 33.9 Å². The van der Waals surface area contributed by atoms with Gasteiger partial charge in [-0.1, -0.05) is 41.9 Å². The second kappa shape index (κ2) is 10.4. The molecule has 188 valence electrons. The third-order valence-electron chi connectivity index (χ3n) is 6.22. The van der Waals surface area contributed by atoms with E-state index in [1.807, 2.05) is 85.1 Å². The van der Waals surface area contributed by atoms with Crippen molar-refractivity contribution < 1.29 is 9.53 Å². The highest BCUT2D eigenvalue weighted by Gasteiger charge is 2.30. The molecule has 37 heavy (non-hydrogen) atoms. The van der Waals surface area contributed by atoms with Gasteiger partial charge in [0.05, 0.1) is 17.8 Å². The van der Waals surface area contributed by atoms with Crippen LogP contribution >= 0.6 is 11.6 Å². The number of benzene rings is 3. The van der Waals surface area contributed by atoms with Crippen LogP contribution in [0.3, 0.4) is 0 Å². The van der Waals surface area contributed by atoms with Crippen molar-refractivity contribution in [3.63, 3.8) is 0 Å². The molecule has 2 heterocycles. The number of carbonyl (C=O) groups excluding carboxylic acids is 1. The van der Waals surface area contributed by atoms with E-state index in [1.54, 1.807) is 0 Å². The van der Waals surface area contributed by atoms with Crippen LogP contribution < -0.4 is 15.8 Å². The molecule has 1 aromatic heterocycles. The maximum Gasteiger partial charge on any atom is 0.222 e. The lowest BCUT2D eigenvalue weighted by molar-refractivity contribution is -0.121. The van der Waals surface area contributed by atoms with E-state index in [0.29, 0.717) is 41.3 Å². The van der Waals surface area contributed by atoms with Crippen LogP contribution in [0.2, 0.25) is 5.02 Å². The van der Waals surface area contributed by atoms with E-state index in [1.165, 1.54) is 0 Å². The van der Waals surface area contributed by atoms with Crippen LogP contribution in [0.25, 0.3) is 5.69 Å². The Bertz CT molecular complexity index is 1480. The molecule has 8 nitrogen and oxygen atoms in total. The molecule has 4 aromatic rings. The Morgan fingerprint density at radius 3 is 2.65 bits per heavy atom. The molecule has 0 saturated carbocycles. The zero-order chi connectivity index (χ0) is 25.9. The zero-order valence-electron chi connectivity index (χ0n) is 20.6. The maximum atomic E-state index is 12.6. The highest BCUT2D eigenvalue weighted by molar-refractivity contribution is 6.30. The summed E-state index contributed by atoms with van der Waals surface area (Å²) in [6, 6.07) is 20.4. The second-order valence-electron chi connectivity index (χ2n) is 8.77. The lowest BCUT2D eigenvalue weighted by Gasteiger charge is -2.15. The minimum absolute atomic E-state index is 0.102. The van der Waals surface area contributed by atoms with Gasteiger partial charge in [0.15, 0.2) is 5.82 Å². The standard InChI is InChI=1S/C28H27ClN6O2/c1-3-31-26(36)15-24-28-34-33-17(2)35(28)25-13-12-21(37-16-19-6-4-5-7-23(19)30)14-22(25)27(32-24)18-8-10-20(29)11-9-18/h4-14,24H,3,15-16,30H2,1-2H3,(H,31,36). The molecule has 1 atom stereocenters. The molecule has 0 saturated heterocycles. The van der Waals surface area contributed by atoms with Crippen molar-refractivity contribution in [1.29, 1.82) is 0 Å². The predicted molar refractivity (Wildman–Crippen MR) is 144 cm³/mol. The van der Waals surface area contributed by atoms with E-state index in [9.17, 15) is 4.79 Å². The maximum absolute atomic E-state index is 12.6. The second-order valence-corrected chi connectivity index (χ2v) is 9.20. The van der Waals surface area contributed by atoms with Crippen LogP contribution in [0.1, 0.15) is 47.7 Å². The Hall–Kier alpha value is -4.17. The van der Waals surface area contributed by atoms with Crippen molar-refractivity contribution in [2.75, 3.05) is 12.3 Å². The smallest absolute Gasteiger partial charge is 0.222 e. The lowest BCUT2D eigenvalue weighted by Crippen LogP contribution is -2.25. The molecule has 5 rings (SSSR count). The number of nitrogens with zero attached hydrogens (tertiary/aromatic N) is 4. The van der Waals surface area contributed by atoms with Gasteiger partial charge in [0.2, 0.25) is 5.91 Å². The number of hydrogen-bond donors (Lipinski definition) is 2. The first kappa shape index (κ1) is 24.5. The van der Waals surface area contributed by atoms with Crippen LogP contribution in [-0.4, -0.2) is 32.9 Å². The average Bonchev–Trinajstić information content (AvgIpc) is 3.21. The van der Waals surface area contributed by atoms with Gasteiger partial charge in [-0.3, -0.25) is 14.4 Å². The number of fused-ring (bicyclic) bond motifs is 3. The molecule has 1 unspecified atom stereocenters. The van der Waals surface area contributed by atoms with Gasteiger partial charge in [-0.05, 0) is 50.2 Å². The van der Waals surface area contributed by atoms with Crippen molar-refractivity contribution >= 4 is 28.9 Å². The molecule has 0 aliphatic carbocycles. The van der Waals surface area contributed by atoms with Crippen LogP contribution in [0.15, 0.2) is 71.7 Å². The third kappa shape index (κ3) is 5.06. The number of anilines is 1. The van der Waals surface area contributed by atoms with E-state index in [0.717, 1.165) is 28.1 Å². The van der Waals surface area contributed by atoms with Crippen LogP contribution in [0.5, 0.6) is 5.75 Å². The molecule has 1 aliphatic heterocycles. The third-order valence-corrected chi connectivity index (χ3v) is 6.47. The summed E-state index contributed by atoms with van der Waals surface area (Å²) >= 11 is 6.18. The first-order chi connectivity index (χ1) is 17.9. The number of rotatable bonds is 7. The fourth-order valence-corrected chi connectivity index (χ4v) is 4.54. The molecule has 0 radical (unpaired) electrons. The van der Waals surface area contributed by atoms with Gasteiger partial charge >= 0.3 is 0 Å². The summed E-state index contributed by atoms with van der Waals surface area (Å²) < 4.78 is 8.11. The number of ether oxygens (including phenoxy) is 1. The van der Waals surface area contributed by atoms with Crippen molar-refractivity contribution in [3.8, 4) is 11.4 Å². The first-order valence-electron chi connectivity index (χ1n) is 12.1. The van der Waals surface area contributed by atoms with Crippen molar-refractivity contribution in [1.82, 2.24) is 20.1 Å². The SMILES string of the molecule is CCNC(=O)CC1N=C(c2ccc(Cl)cc2)c2cc(OCc3ccccc3N)ccc2-n2c(C)nnc21. The van der Waals surface area contributed by atoms with Gasteiger partial charge in [-0.15, -0.1) is 10.2 Å². The normalized spacial score (nSPS) is 14.2. The van der Waals surface area contributed by atoms with Gasteiger partial charge in [0.25, 0.3) is 0 Å². The van der Waals surface area contributed by atoms with Crippen molar-refractivity contribution in [3.05, 3.63) is 100 Å². The fraction of sp³-hybridized carbons (Fsp3) is 0.214. The Kier molecular flexibility index (Phi) is 6.92. The monoisotopic (exact) mass is 514 g/mol. The fourth-order valence-electron chi connectivity index (χ4n) is 4.41. The molecule has 0 fully saturated rings. The number of aryl methyl sites for hydroxylation is 1. The summed E-state index contributed by atoms with van der Waals surface area (Å²) in [6.45, 7) is 4.65. The number of halogens is 1. The van der Waals surface area contributed by atoms with Gasteiger partial charge in [-0.2, -0.15) is 0 Å². The van der Waals surface area contributed by atoms with Gasteiger partial charge in [-0.25, -0.2) is 0 Å². The largest absolute Gasteiger partial charge is 0.489 e. The van der Waals surface area contributed by atoms with Crippen molar-refractivity contribution in [2.45, 2.75) is 32.9 Å². The van der Waals surface area contributed by atoms with E-state index < -0.39 is 6.04 Å². The number of hydrogen-bond acceptors (Lipinski definition) is 6. The highest BCUT2D eigenvalue weighted by atomic mass is 35.5. The molecule has 0 bridgehead atoms. The quantitative estimate of drug-likeness (QED) is 0.344. The number of amides is 1. The number of aromatic nitrogens is 3. The number of aliphatic imine (C=N–C) groups is 1. The van der Waals surface area contributed by atoms with Gasteiger partial charge < -0.3 is 15.8 Å². The Morgan fingerprint density at radius 1 is 1.11 bits per heavy atom. The molecule has 1 amide bonds. The van der Waals surface area contributed by atoms with Crippen molar-refractivity contribution in [2.24, 2.45) is 4.99 Å². The molecular formula is C28H27ClN6O2. The Balaban J connectivity index is 1.62. The Morgan fingerprint density at radius 2 is 1.89 bits per heavy atom.